The van der Waals surface area contributed by atoms with E-state index >= 15 is 0 Å². The van der Waals surface area contributed by atoms with Crippen molar-refractivity contribution in [1.29, 1.82) is 0 Å². The highest BCUT2D eigenvalue weighted by atomic mass is 35.5. The largest absolute Gasteiger partial charge is 0.416 e. The molecule has 1 atom stereocenters. The first-order valence-electron chi connectivity index (χ1n) is 7.22. The third kappa shape index (κ3) is 4.53. The second-order valence-corrected chi connectivity index (χ2v) is 6.50. The predicted molar refractivity (Wildman–Crippen MR) is 83.2 cm³/mol. The van der Waals surface area contributed by atoms with Crippen LogP contribution in [-0.4, -0.2) is 0 Å². The molecule has 0 aliphatic heterocycles. The van der Waals surface area contributed by atoms with Crippen LogP contribution < -0.4 is 0 Å². The summed E-state index contributed by atoms with van der Waals surface area (Å²) in [6.45, 7) is 6.14. The van der Waals surface area contributed by atoms with E-state index in [2.05, 4.69) is 6.92 Å². The van der Waals surface area contributed by atoms with Gasteiger partial charge in [0.1, 0.15) is 0 Å². The Kier molecular flexibility index (Phi) is 6.42. The van der Waals surface area contributed by atoms with Gasteiger partial charge in [-0.05, 0) is 36.0 Å². The van der Waals surface area contributed by atoms with Crippen molar-refractivity contribution in [3.63, 3.8) is 0 Å². The zero-order chi connectivity index (χ0) is 16.3. The van der Waals surface area contributed by atoms with Crippen molar-refractivity contribution in [3.8, 4) is 0 Å². The van der Waals surface area contributed by atoms with Gasteiger partial charge in [0.25, 0.3) is 0 Å². The molecule has 0 saturated heterocycles. The van der Waals surface area contributed by atoms with Crippen LogP contribution in [0.2, 0.25) is 10.0 Å². The summed E-state index contributed by atoms with van der Waals surface area (Å²) in [5.74, 6) is 0. The summed E-state index contributed by atoms with van der Waals surface area (Å²) in [6, 6.07) is 1.97. The highest BCUT2D eigenvalue weighted by Gasteiger charge is 2.35. The van der Waals surface area contributed by atoms with Crippen LogP contribution in [-0.2, 0) is 11.6 Å². The Morgan fingerprint density at radius 2 is 1.52 bits per heavy atom. The Balaban J connectivity index is 3.22. The van der Waals surface area contributed by atoms with Crippen LogP contribution in [0.4, 0.5) is 13.2 Å². The van der Waals surface area contributed by atoms with Crippen molar-refractivity contribution in [1.82, 2.24) is 0 Å². The van der Waals surface area contributed by atoms with Crippen molar-refractivity contribution in [3.05, 3.63) is 33.3 Å². The number of benzene rings is 1. The summed E-state index contributed by atoms with van der Waals surface area (Å²) >= 11 is 12.3. The van der Waals surface area contributed by atoms with Crippen LogP contribution in [0.5, 0.6) is 0 Å². The predicted octanol–water partition coefficient (Wildman–Crippen LogP) is 7.26. The fourth-order valence-corrected chi connectivity index (χ4v) is 3.50. The van der Waals surface area contributed by atoms with E-state index in [4.69, 9.17) is 23.2 Å². The molecule has 0 saturated carbocycles. The van der Waals surface area contributed by atoms with Crippen molar-refractivity contribution >= 4 is 23.2 Å². The maximum atomic E-state index is 12.8. The third-order valence-electron chi connectivity index (χ3n) is 4.09. The molecule has 0 amide bonds. The van der Waals surface area contributed by atoms with Crippen LogP contribution in [0.3, 0.4) is 0 Å². The highest BCUT2D eigenvalue weighted by Crippen LogP contribution is 2.44. The van der Waals surface area contributed by atoms with E-state index in [1.807, 2.05) is 13.8 Å². The Morgan fingerprint density at radius 1 is 1.00 bits per heavy atom. The van der Waals surface area contributed by atoms with E-state index in [0.717, 1.165) is 44.2 Å². The molecule has 1 unspecified atom stereocenters. The zero-order valence-electron chi connectivity index (χ0n) is 12.6. The van der Waals surface area contributed by atoms with Crippen molar-refractivity contribution in [2.75, 3.05) is 0 Å². The molecule has 0 fully saturated rings. The summed E-state index contributed by atoms with van der Waals surface area (Å²) in [5.41, 5.74) is -0.460. The summed E-state index contributed by atoms with van der Waals surface area (Å²) in [6.07, 6.45) is 0.397. The molecule has 0 radical (unpaired) electrons. The lowest BCUT2D eigenvalue weighted by Crippen LogP contribution is -2.22. The zero-order valence-corrected chi connectivity index (χ0v) is 14.1. The first-order chi connectivity index (χ1) is 9.65. The maximum Gasteiger partial charge on any atom is 0.416 e. The minimum atomic E-state index is -4.43. The molecule has 0 nitrogen and oxygen atoms in total. The van der Waals surface area contributed by atoms with Gasteiger partial charge in [-0.15, -0.1) is 0 Å². The van der Waals surface area contributed by atoms with E-state index < -0.39 is 11.7 Å². The van der Waals surface area contributed by atoms with Crippen LogP contribution in [0.1, 0.15) is 64.0 Å². The standard InChI is InChI=1S/C16H21Cl2F3/c1-4-6-7-8-15(3,5-2)14-12(17)9-11(10-13(14)18)16(19,20)21/h9-10H,4-8H2,1-3H3. The molecule has 0 aliphatic rings. The van der Waals surface area contributed by atoms with Gasteiger partial charge in [-0.1, -0.05) is 63.2 Å². The van der Waals surface area contributed by atoms with Crippen molar-refractivity contribution < 1.29 is 13.2 Å². The molecule has 21 heavy (non-hydrogen) atoms. The molecule has 120 valence electrons. The number of rotatable bonds is 6. The number of alkyl halides is 3. The molecule has 0 aromatic heterocycles. The minimum absolute atomic E-state index is 0.107. The van der Waals surface area contributed by atoms with Gasteiger partial charge in [0.2, 0.25) is 0 Å². The summed E-state index contributed by atoms with van der Waals surface area (Å²) in [5, 5.41) is 0.214. The second-order valence-electron chi connectivity index (χ2n) is 5.68. The molecular weight excluding hydrogens is 320 g/mol. The van der Waals surface area contributed by atoms with E-state index in [9.17, 15) is 13.2 Å². The van der Waals surface area contributed by atoms with Gasteiger partial charge < -0.3 is 0 Å². The number of hydrogen-bond donors (Lipinski definition) is 0. The van der Waals surface area contributed by atoms with Gasteiger partial charge in [0.05, 0.1) is 5.56 Å². The molecule has 5 heteroatoms. The number of unbranched alkanes of at least 4 members (excludes halogenated alkanes) is 2. The van der Waals surface area contributed by atoms with E-state index in [1.165, 1.54) is 0 Å². The molecule has 0 bridgehead atoms. The summed E-state index contributed by atoms with van der Waals surface area (Å²) < 4.78 is 38.4. The van der Waals surface area contributed by atoms with Gasteiger partial charge in [-0.3, -0.25) is 0 Å². The van der Waals surface area contributed by atoms with E-state index in [0.29, 0.717) is 5.56 Å². The van der Waals surface area contributed by atoms with Gasteiger partial charge in [0.15, 0.2) is 0 Å². The third-order valence-corrected chi connectivity index (χ3v) is 4.68. The lowest BCUT2D eigenvalue weighted by atomic mass is 9.75. The highest BCUT2D eigenvalue weighted by molar-refractivity contribution is 6.36. The quantitative estimate of drug-likeness (QED) is 0.478. The monoisotopic (exact) mass is 340 g/mol. The van der Waals surface area contributed by atoms with Crippen LogP contribution >= 0.6 is 23.2 Å². The number of hydrogen-bond acceptors (Lipinski definition) is 0. The fourth-order valence-electron chi connectivity index (χ4n) is 2.56. The van der Waals surface area contributed by atoms with Gasteiger partial charge in [-0.25, -0.2) is 0 Å². The van der Waals surface area contributed by atoms with E-state index in [-0.39, 0.29) is 15.5 Å². The second kappa shape index (κ2) is 7.23. The van der Waals surface area contributed by atoms with Crippen molar-refractivity contribution in [2.24, 2.45) is 0 Å². The Hall–Kier alpha value is -0.410. The van der Waals surface area contributed by atoms with Crippen LogP contribution in [0.15, 0.2) is 12.1 Å². The SMILES string of the molecule is CCCCCC(C)(CC)c1c(Cl)cc(C(F)(F)F)cc1Cl. The fraction of sp³-hybridized carbons (Fsp3) is 0.625. The normalized spacial score (nSPS) is 15.0. The molecule has 0 spiro atoms. The lowest BCUT2D eigenvalue weighted by Gasteiger charge is -2.31. The van der Waals surface area contributed by atoms with Gasteiger partial charge in [-0.2, -0.15) is 13.2 Å². The van der Waals surface area contributed by atoms with Crippen LogP contribution in [0.25, 0.3) is 0 Å². The smallest absolute Gasteiger partial charge is 0.166 e. The maximum absolute atomic E-state index is 12.8. The first kappa shape index (κ1) is 18.6. The topological polar surface area (TPSA) is 0 Å². The summed E-state index contributed by atoms with van der Waals surface area (Å²) in [7, 11) is 0. The average Bonchev–Trinajstić information content (AvgIpc) is 2.37. The van der Waals surface area contributed by atoms with Crippen molar-refractivity contribution in [2.45, 2.75) is 64.5 Å². The first-order valence-corrected chi connectivity index (χ1v) is 7.98. The van der Waals surface area contributed by atoms with E-state index in [1.54, 1.807) is 0 Å². The molecule has 0 N–H and O–H groups in total. The molecule has 0 heterocycles. The van der Waals surface area contributed by atoms with Gasteiger partial charge >= 0.3 is 6.18 Å². The molecular formula is C16H21Cl2F3. The van der Waals surface area contributed by atoms with Gasteiger partial charge in [0, 0.05) is 10.0 Å². The Bertz CT molecular complexity index is 460. The minimum Gasteiger partial charge on any atom is -0.166 e. The summed E-state index contributed by atoms with van der Waals surface area (Å²) in [4.78, 5) is 0. The Labute approximate surface area is 134 Å². The molecule has 0 aliphatic carbocycles. The molecule has 1 aromatic carbocycles. The Morgan fingerprint density at radius 3 is 1.90 bits per heavy atom. The molecule has 1 aromatic rings. The van der Waals surface area contributed by atoms with Crippen LogP contribution in [0, 0.1) is 0 Å². The average molecular weight is 341 g/mol. The molecule has 1 rings (SSSR count). The lowest BCUT2D eigenvalue weighted by molar-refractivity contribution is -0.137. The number of halogens is 5.